The molecule has 1 fully saturated rings. The molecular formula is C29H27ClN6O5. The Kier molecular flexibility index (Phi) is 6.29. The van der Waals surface area contributed by atoms with Crippen LogP contribution < -0.4 is 15.2 Å². The summed E-state index contributed by atoms with van der Waals surface area (Å²) in [5.74, 6) is 1.19. The lowest BCUT2D eigenvalue weighted by Gasteiger charge is -2.22. The van der Waals surface area contributed by atoms with E-state index in [-0.39, 0.29) is 0 Å². The van der Waals surface area contributed by atoms with Crippen LogP contribution in [0.5, 0.6) is 11.5 Å². The van der Waals surface area contributed by atoms with Crippen LogP contribution in [0.1, 0.15) is 36.0 Å². The second-order valence-corrected chi connectivity index (χ2v) is 10.8. The van der Waals surface area contributed by atoms with Crippen molar-refractivity contribution in [3.8, 4) is 22.9 Å². The van der Waals surface area contributed by atoms with Crippen molar-refractivity contribution in [2.24, 2.45) is 7.05 Å². The van der Waals surface area contributed by atoms with E-state index in [1.54, 1.807) is 12.3 Å². The summed E-state index contributed by atoms with van der Waals surface area (Å²) in [7, 11) is 1.99. The highest BCUT2D eigenvalue weighted by Crippen LogP contribution is 2.48. The van der Waals surface area contributed by atoms with E-state index in [0.717, 1.165) is 53.5 Å². The highest BCUT2D eigenvalue weighted by molar-refractivity contribution is 6.30. The van der Waals surface area contributed by atoms with Crippen LogP contribution >= 0.6 is 11.6 Å². The molecule has 5 aromatic rings. The molecule has 11 nitrogen and oxygen atoms in total. The fourth-order valence-electron chi connectivity index (χ4n) is 5.19. The van der Waals surface area contributed by atoms with Gasteiger partial charge in [-0.3, -0.25) is 19.4 Å². The average molecular weight is 575 g/mol. The standard InChI is InChI=1S/C26H21ClN6O4.C3H6O/c1-26(21-8-5-16(27)10-28-21)35-20-7-4-15-11-33(12-17(15)23(20)36-26)13-22-29-18-6-3-14(9-19(18)32(22)2)24-30-25(34)37-31-24;1-2-4-3-1/h3-10H,11-13H2,1-2H3,(H,30,31,34);1-3H2. The van der Waals surface area contributed by atoms with Gasteiger partial charge in [-0.2, -0.15) is 0 Å². The Balaban J connectivity index is 0.000000638. The number of benzene rings is 2. The number of halogens is 1. The summed E-state index contributed by atoms with van der Waals surface area (Å²) in [5, 5.41) is 4.35. The van der Waals surface area contributed by atoms with E-state index in [1.165, 1.54) is 12.0 Å². The molecule has 0 radical (unpaired) electrons. The van der Waals surface area contributed by atoms with Crippen molar-refractivity contribution < 1.29 is 18.7 Å². The molecule has 3 aliphatic rings. The summed E-state index contributed by atoms with van der Waals surface area (Å²) in [6.45, 7) is 6.00. The van der Waals surface area contributed by atoms with E-state index in [0.29, 0.717) is 35.4 Å². The van der Waals surface area contributed by atoms with Crippen LogP contribution in [0, 0.1) is 0 Å². The zero-order valence-corrected chi connectivity index (χ0v) is 23.3. The number of hydrogen-bond acceptors (Lipinski definition) is 9. The normalized spacial score (nSPS) is 19.1. The van der Waals surface area contributed by atoms with Crippen molar-refractivity contribution in [3.05, 3.63) is 86.9 Å². The van der Waals surface area contributed by atoms with Gasteiger partial charge in [0.25, 0.3) is 5.79 Å². The summed E-state index contributed by atoms with van der Waals surface area (Å²) in [6, 6.07) is 13.4. The number of nitrogens with one attached hydrogen (secondary N) is 1. The molecule has 0 aliphatic carbocycles. The second kappa shape index (κ2) is 10.0. The molecule has 1 atom stereocenters. The molecule has 210 valence electrons. The maximum Gasteiger partial charge on any atom is 0.439 e. The highest BCUT2D eigenvalue weighted by atomic mass is 35.5. The first kappa shape index (κ1) is 25.8. The first-order chi connectivity index (χ1) is 19.9. The molecule has 0 saturated carbocycles. The summed E-state index contributed by atoms with van der Waals surface area (Å²) in [4.78, 5) is 25.5. The number of fused-ring (bicyclic) bond motifs is 4. The van der Waals surface area contributed by atoms with Crippen molar-refractivity contribution in [3.63, 3.8) is 0 Å². The smallest absolute Gasteiger partial charge is 0.439 e. The minimum atomic E-state index is -1.02. The van der Waals surface area contributed by atoms with Gasteiger partial charge >= 0.3 is 5.76 Å². The van der Waals surface area contributed by atoms with Crippen LogP contribution in [0.3, 0.4) is 0 Å². The second-order valence-electron chi connectivity index (χ2n) is 10.4. The quantitative estimate of drug-likeness (QED) is 0.330. The zero-order chi connectivity index (χ0) is 28.1. The summed E-state index contributed by atoms with van der Waals surface area (Å²) in [5.41, 5.74) is 5.54. The third-order valence-corrected chi connectivity index (χ3v) is 7.74. The summed E-state index contributed by atoms with van der Waals surface area (Å²) < 4.78 is 24.0. The topological polar surface area (TPSA) is 121 Å². The van der Waals surface area contributed by atoms with Crippen LogP contribution in [-0.4, -0.2) is 42.8 Å². The molecule has 1 unspecified atom stereocenters. The van der Waals surface area contributed by atoms with E-state index >= 15 is 0 Å². The van der Waals surface area contributed by atoms with Gasteiger partial charge in [-0.05, 0) is 48.4 Å². The number of aromatic nitrogens is 5. The van der Waals surface area contributed by atoms with E-state index in [2.05, 4.69) is 35.2 Å². The van der Waals surface area contributed by atoms with Crippen LogP contribution in [0.25, 0.3) is 22.4 Å². The van der Waals surface area contributed by atoms with Crippen molar-refractivity contribution >= 4 is 22.6 Å². The van der Waals surface area contributed by atoms with E-state index in [4.69, 9.17) is 30.8 Å². The number of H-pyrrole nitrogens is 1. The largest absolute Gasteiger partial charge is 0.443 e. The van der Waals surface area contributed by atoms with Gasteiger partial charge in [0, 0.05) is 57.6 Å². The van der Waals surface area contributed by atoms with Crippen LogP contribution in [0.15, 0.2) is 58.0 Å². The molecule has 3 aromatic heterocycles. The lowest BCUT2D eigenvalue weighted by molar-refractivity contribution is -0.0721. The van der Waals surface area contributed by atoms with Crippen molar-refractivity contribution in [2.45, 2.75) is 38.8 Å². The average Bonchev–Trinajstić information content (AvgIpc) is 3.68. The molecular weight excluding hydrogens is 548 g/mol. The minimum Gasteiger partial charge on any atom is -0.443 e. The minimum absolute atomic E-state index is 0.390. The molecule has 6 heterocycles. The summed E-state index contributed by atoms with van der Waals surface area (Å²) >= 11 is 6.01. The van der Waals surface area contributed by atoms with Gasteiger partial charge in [0.2, 0.25) is 0 Å². The van der Waals surface area contributed by atoms with Gasteiger partial charge in [0.1, 0.15) is 11.5 Å². The van der Waals surface area contributed by atoms with Crippen LogP contribution in [0.2, 0.25) is 5.02 Å². The Labute approximate surface area is 239 Å². The van der Waals surface area contributed by atoms with Gasteiger partial charge < -0.3 is 18.8 Å². The fraction of sp³-hybridized carbons (Fsp3) is 0.310. The third kappa shape index (κ3) is 4.75. The maximum absolute atomic E-state index is 11.3. The summed E-state index contributed by atoms with van der Waals surface area (Å²) in [6.07, 6.45) is 2.87. The SMILES string of the molecule is C1COC1.Cn1c(CN2Cc3ccc4c(c3C2)OC(C)(c2ccc(Cl)cn2)O4)nc2ccc(-c3noc(=O)[nH]3)cc21. The number of ether oxygens (including phenoxy) is 3. The number of nitrogens with zero attached hydrogens (tertiary/aromatic N) is 5. The monoisotopic (exact) mass is 574 g/mol. The molecule has 0 spiro atoms. The van der Waals surface area contributed by atoms with Gasteiger partial charge in [-0.25, -0.2) is 9.78 Å². The predicted molar refractivity (Wildman–Crippen MR) is 150 cm³/mol. The molecule has 0 bridgehead atoms. The molecule has 41 heavy (non-hydrogen) atoms. The van der Waals surface area contributed by atoms with Crippen LogP contribution in [0.4, 0.5) is 0 Å². The van der Waals surface area contributed by atoms with Gasteiger partial charge in [-0.15, -0.1) is 0 Å². The molecule has 1 N–H and O–H groups in total. The van der Waals surface area contributed by atoms with E-state index < -0.39 is 11.5 Å². The van der Waals surface area contributed by atoms with Gasteiger partial charge in [-0.1, -0.05) is 22.8 Å². The number of aryl methyl sites for hydroxylation is 1. The number of imidazole rings is 1. The molecule has 0 amide bonds. The Morgan fingerprint density at radius 1 is 1.10 bits per heavy atom. The fourth-order valence-corrected chi connectivity index (χ4v) is 5.31. The molecule has 12 heteroatoms. The number of aromatic amines is 1. The van der Waals surface area contributed by atoms with Gasteiger partial charge in [0.05, 0.1) is 22.6 Å². The van der Waals surface area contributed by atoms with Crippen molar-refractivity contribution in [2.75, 3.05) is 13.2 Å². The molecule has 3 aliphatic heterocycles. The number of rotatable bonds is 4. The van der Waals surface area contributed by atoms with Crippen LogP contribution in [-0.2, 0) is 37.2 Å². The maximum atomic E-state index is 11.3. The molecule has 2 aromatic carbocycles. The van der Waals surface area contributed by atoms with Gasteiger partial charge in [0.15, 0.2) is 17.3 Å². The first-order valence-electron chi connectivity index (χ1n) is 13.3. The van der Waals surface area contributed by atoms with E-state index in [1.807, 2.05) is 44.3 Å². The van der Waals surface area contributed by atoms with E-state index in [9.17, 15) is 4.79 Å². The Hall–Kier alpha value is -4.19. The number of pyridine rings is 1. The zero-order valence-electron chi connectivity index (χ0n) is 22.5. The van der Waals surface area contributed by atoms with Crippen molar-refractivity contribution in [1.82, 2.24) is 29.6 Å². The highest BCUT2D eigenvalue weighted by Gasteiger charge is 2.43. The first-order valence-corrected chi connectivity index (χ1v) is 13.7. The Bertz CT molecular complexity index is 1810. The van der Waals surface area contributed by atoms with Crippen molar-refractivity contribution in [1.29, 1.82) is 0 Å². The lowest BCUT2D eigenvalue weighted by atomic mass is 10.1. The number of hydrogen-bond donors (Lipinski definition) is 1. The Morgan fingerprint density at radius 3 is 2.63 bits per heavy atom. The molecule has 8 rings (SSSR count). The lowest BCUT2D eigenvalue weighted by Crippen LogP contribution is -2.32. The third-order valence-electron chi connectivity index (χ3n) is 7.52. The molecule has 1 saturated heterocycles. The predicted octanol–water partition coefficient (Wildman–Crippen LogP) is 4.53. The Morgan fingerprint density at radius 2 is 1.93 bits per heavy atom.